The molecule has 5 unspecified atom stereocenters. The fourth-order valence-corrected chi connectivity index (χ4v) is 1.25. The largest absolute Gasteiger partial charge is 0.394 e. The number of nitrogens with one attached hydrogen (secondary N) is 1. The third kappa shape index (κ3) is 1.97. The second-order valence-corrected chi connectivity index (χ2v) is 2.97. The monoisotopic (exact) mass is 194 g/mol. The second-order valence-electron chi connectivity index (χ2n) is 2.97. The molecule has 1 rings (SSSR count). The molecule has 7 N–H and O–H groups in total. The molecular weight excluding hydrogens is 180 g/mol. The van der Waals surface area contributed by atoms with E-state index >= 15 is 0 Å². The lowest BCUT2D eigenvalue weighted by Gasteiger charge is -2.39. The lowest BCUT2D eigenvalue weighted by Crippen LogP contribution is -2.65. The number of hydrogen-bond donors (Lipinski definition) is 6. The summed E-state index contributed by atoms with van der Waals surface area (Å²) in [7, 11) is 0. The highest BCUT2D eigenvalue weighted by atomic mass is 16.6. The minimum absolute atomic E-state index is 0.455. The Morgan fingerprint density at radius 1 is 1.31 bits per heavy atom. The van der Waals surface area contributed by atoms with Gasteiger partial charge in [0.2, 0.25) is 0 Å². The Bertz CT molecular complexity index is 149. The van der Waals surface area contributed by atoms with Crippen molar-refractivity contribution in [2.45, 2.75) is 30.6 Å². The predicted molar refractivity (Wildman–Crippen MR) is 40.7 cm³/mol. The normalized spacial score (nSPS) is 46.4. The Morgan fingerprint density at radius 3 is 2.38 bits per heavy atom. The van der Waals surface area contributed by atoms with Crippen LogP contribution in [0.3, 0.4) is 0 Å². The minimum Gasteiger partial charge on any atom is -0.394 e. The Balaban J connectivity index is 2.66. The van der Waals surface area contributed by atoms with E-state index in [2.05, 4.69) is 0 Å². The quantitative estimate of drug-likeness (QED) is 0.254. The van der Waals surface area contributed by atoms with Crippen molar-refractivity contribution in [1.82, 2.24) is 5.48 Å². The van der Waals surface area contributed by atoms with Crippen LogP contribution in [0.15, 0.2) is 0 Å². The average Bonchev–Trinajstić information content (AvgIpc) is 2.15. The van der Waals surface area contributed by atoms with E-state index in [9.17, 15) is 10.2 Å². The fraction of sp³-hybridized carbons (Fsp3) is 1.00. The molecule has 0 spiro atoms. The predicted octanol–water partition coefficient (Wildman–Crippen LogP) is -3.27. The van der Waals surface area contributed by atoms with E-state index in [4.69, 9.17) is 20.8 Å². The van der Waals surface area contributed by atoms with Crippen LogP contribution in [-0.2, 0) is 4.74 Å². The molecule has 1 heterocycles. The molecule has 7 nitrogen and oxygen atoms in total. The smallest absolute Gasteiger partial charge is 0.148 e. The third-order valence-electron chi connectivity index (χ3n) is 2.10. The Kier molecular flexibility index (Phi) is 3.56. The van der Waals surface area contributed by atoms with E-state index in [1.165, 1.54) is 0 Å². The maximum Gasteiger partial charge on any atom is 0.148 e. The maximum atomic E-state index is 9.33. The van der Waals surface area contributed by atoms with Crippen molar-refractivity contribution >= 4 is 0 Å². The van der Waals surface area contributed by atoms with Crippen molar-refractivity contribution in [2.24, 2.45) is 5.73 Å². The second kappa shape index (κ2) is 4.29. The summed E-state index contributed by atoms with van der Waals surface area (Å²) in [6, 6.07) is -0.942. The lowest BCUT2D eigenvalue weighted by molar-refractivity contribution is -0.217. The number of rotatable bonds is 2. The van der Waals surface area contributed by atoms with Crippen LogP contribution >= 0.6 is 0 Å². The SMILES string of the molecule is NC1C(NO)OC(CO)C(O)C1O. The van der Waals surface area contributed by atoms with Gasteiger partial charge >= 0.3 is 0 Å². The summed E-state index contributed by atoms with van der Waals surface area (Å²) in [6.45, 7) is -0.455. The minimum atomic E-state index is -1.25. The number of nitrogens with two attached hydrogens (primary N) is 1. The van der Waals surface area contributed by atoms with Crippen molar-refractivity contribution < 1.29 is 25.3 Å². The van der Waals surface area contributed by atoms with Crippen LogP contribution in [0.1, 0.15) is 0 Å². The first-order valence-electron chi connectivity index (χ1n) is 3.89. The first-order chi connectivity index (χ1) is 6.11. The molecule has 0 radical (unpaired) electrons. The molecule has 7 heteroatoms. The van der Waals surface area contributed by atoms with Crippen molar-refractivity contribution in [1.29, 1.82) is 0 Å². The molecule has 1 saturated heterocycles. The Hall–Kier alpha value is -0.280. The molecule has 1 fully saturated rings. The third-order valence-corrected chi connectivity index (χ3v) is 2.10. The van der Waals surface area contributed by atoms with E-state index in [1.54, 1.807) is 5.48 Å². The van der Waals surface area contributed by atoms with Crippen molar-refractivity contribution in [3.63, 3.8) is 0 Å². The van der Waals surface area contributed by atoms with Gasteiger partial charge < -0.3 is 31.0 Å². The average molecular weight is 194 g/mol. The molecule has 0 bridgehead atoms. The molecule has 0 aliphatic carbocycles. The molecule has 1 aliphatic heterocycles. The number of aliphatic hydroxyl groups is 3. The van der Waals surface area contributed by atoms with Gasteiger partial charge in [0.05, 0.1) is 12.6 Å². The van der Waals surface area contributed by atoms with Crippen molar-refractivity contribution in [2.75, 3.05) is 6.61 Å². The van der Waals surface area contributed by atoms with Gasteiger partial charge in [0, 0.05) is 0 Å². The van der Waals surface area contributed by atoms with Gasteiger partial charge in [-0.25, -0.2) is 0 Å². The standard InChI is InChI=1S/C6H14N2O5/c7-3-5(11)4(10)2(1-9)13-6(3)8-12/h2-6,8-12H,1,7H2. The molecule has 5 atom stereocenters. The molecule has 78 valence electrons. The Morgan fingerprint density at radius 2 is 1.92 bits per heavy atom. The summed E-state index contributed by atoms with van der Waals surface area (Å²) < 4.78 is 4.93. The summed E-state index contributed by atoms with van der Waals surface area (Å²) in [6.07, 6.45) is -4.42. The lowest BCUT2D eigenvalue weighted by atomic mass is 9.97. The first kappa shape index (κ1) is 10.8. The molecule has 13 heavy (non-hydrogen) atoms. The number of hydroxylamine groups is 1. The zero-order chi connectivity index (χ0) is 10.0. The maximum absolute atomic E-state index is 9.33. The van der Waals surface area contributed by atoms with Crippen molar-refractivity contribution in [3.8, 4) is 0 Å². The van der Waals surface area contributed by atoms with Gasteiger partial charge in [-0.15, -0.1) is 0 Å². The van der Waals surface area contributed by atoms with Crippen molar-refractivity contribution in [3.05, 3.63) is 0 Å². The van der Waals surface area contributed by atoms with E-state index in [0.717, 1.165) is 0 Å². The summed E-state index contributed by atoms with van der Waals surface area (Å²) in [4.78, 5) is 0. The fourth-order valence-electron chi connectivity index (χ4n) is 1.25. The summed E-state index contributed by atoms with van der Waals surface area (Å²) >= 11 is 0. The van der Waals surface area contributed by atoms with Crippen LogP contribution in [0, 0.1) is 0 Å². The van der Waals surface area contributed by atoms with Crippen LogP contribution in [0.2, 0.25) is 0 Å². The highest BCUT2D eigenvalue weighted by Crippen LogP contribution is 2.17. The number of ether oxygens (including phenoxy) is 1. The van der Waals surface area contributed by atoms with Crippen LogP contribution in [0.4, 0.5) is 0 Å². The topological polar surface area (TPSA) is 128 Å². The van der Waals surface area contributed by atoms with Gasteiger partial charge in [0.25, 0.3) is 0 Å². The van der Waals surface area contributed by atoms with Gasteiger partial charge in [-0.3, -0.25) is 0 Å². The summed E-state index contributed by atoms with van der Waals surface area (Å²) in [5.74, 6) is 0. The van der Waals surface area contributed by atoms with Crippen LogP contribution in [-0.4, -0.2) is 57.7 Å². The molecule has 0 amide bonds. The van der Waals surface area contributed by atoms with Crippen LogP contribution in [0.25, 0.3) is 0 Å². The molecule has 0 aromatic heterocycles. The van der Waals surface area contributed by atoms with Gasteiger partial charge in [-0.05, 0) is 0 Å². The van der Waals surface area contributed by atoms with Gasteiger partial charge in [-0.1, -0.05) is 0 Å². The number of hydrogen-bond acceptors (Lipinski definition) is 7. The highest BCUT2D eigenvalue weighted by molar-refractivity contribution is 4.92. The van der Waals surface area contributed by atoms with E-state index in [0.29, 0.717) is 0 Å². The van der Waals surface area contributed by atoms with E-state index in [-0.39, 0.29) is 0 Å². The zero-order valence-corrected chi connectivity index (χ0v) is 6.87. The van der Waals surface area contributed by atoms with Gasteiger partial charge in [0.15, 0.2) is 0 Å². The Labute approximate surface area is 74.7 Å². The van der Waals surface area contributed by atoms with E-state index < -0.39 is 37.2 Å². The highest BCUT2D eigenvalue weighted by Gasteiger charge is 2.42. The van der Waals surface area contributed by atoms with Gasteiger partial charge in [0.1, 0.15) is 24.5 Å². The van der Waals surface area contributed by atoms with Crippen LogP contribution < -0.4 is 11.2 Å². The zero-order valence-electron chi connectivity index (χ0n) is 6.87. The molecule has 1 aliphatic rings. The number of aliphatic hydroxyl groups excluding tert-OH is 3. The molecule has 0 saturated carbocycles. The summed E-state index contributed by atoms with van der Waals surface area (Å²) in [5, 5.41) is 35.9. The van der Waals surface area contributed by atoms with Crippen LogP contribution in [0.5, 0.6) is 0 Å². The molecule has 0 aromatic carbocycles. The molecule has 0 aromatic rings. The first-order valence-corrected chi connectivity index (χ1v) is 3.89. The van der Waals surface area contributed by atoms with Gasteiger partial charge in [-0.2, -0.15) is 5.48 Å². The summed E-state index contributed by atoms with van der Waals surface area (Å²) in [5.41, 5.74) is 7.14. The molecular formula is C6H14N2O5. The van der Waals surface area contributed by atoms with E-state index in [1.807, 2.05) is 0 Å².